The highest BCUT2D eigenvalue weighted by atomic mass is 16.4. The van der Waals surface area contributed by atoms with Crippen LogP contribution in [0.1, 0.15) is 48.7 Å². The summed E-state index contributed by atoms with van der Waals surface area (Å²) in [5, 5.41) is 12.0. The van der Waals surface area contributed by atoms with Crippen molar-refractivity contribution in [2.24, 2.45) is 0 Å². The topological polar surface area (TPSA) is 69.6 Å². The second kappa shape index (κ2) is 6.26. The van der Waals surface area contributed by atoms with Crippen molar-refractivity contribution in [2.75, 3.05) is 0 Å². The van der Waals surface area contributed by atoms with Gasteiger partial charge in [0.1, 0.15) is 0 Å². The summed E-state index contributed by atoms with van der Waals surface area (Å²) in [6.45, 7) is 7.22. The monoisotopic (exact) mass is 290 g/mol. The van der Waals surface area contributed by atoms with E-state index >= 15 is 0 Å². The van der Waals surface area contributed by atoms with E-state index in [0.29, 0.717) is 18.7 Å². The van der Waals surface area contributed by atoms with Crippen LogP contribution < -0.4 is 5.32 Å². The Kier molecular flexibility index (Phi) is 4.63. The average Bonchev–Trinajstić information content (AvgIpc) is 2.88. The molecule has 0 aromatic heterocycles. The smallest absolute Gasteiger partial charge is 0.335 e. The number of hydrogen-bond donors (Lipinski definition) is 2. The number of aromatic carboxylic acids is 1. The molecule has 5 nitrogen and oxygen atoms in total. The van der Waals surface area contributed by atoms with E-state index in [1.165, 1.54) is 0 Å². The molecule has 2 N–H and O–H groups in total. The number of hydrogen-bond acceptors (Lipinski definition) is 3. The van der Waals surface area contributed by atoms with Gasteiger partial charge in [-0.05, 0) is 43.5 Å². The van der Waals surface area contributed by atoms with Crippen molar-refractivity contribution in [1.29, 1.82) is 0 Å². The molecule has 0 saturated heterocycles. The molecule has 0 spiro atoms. The van der Waals surface area contributed by atoms with Gasteiger partial charge in [0.25, 0.3) is 0 Å². The van der Waals surface area contributed by atoms with Crippen LogP contribution in [0.3, 0.4) is 0 Å². The summed E-state index contributed by atoms with van der Waals surface area (Å²) < 4.78 is 0. The van der Waals surface area contributed by atoms with Crippen LogP contribution in [0.25, 0.3) is 0 Å². The summed E-state index contributed by atoms with van der Waals surface area (Å²) in [5.41, 5.74) is 2.40. The zero-order chi connectivity index (χ0) is 15.6. The third-order valence-electron chi connectivity index (χ3n) is 4.13. The fourth-order valence-electron chi connectivity index (χ4n) is 2.46. The predicted octanol–water partition coefficient (Wildman–Crippen LogP) is 2.00. The van der Waals surface area contributed by atoms with Crippen molar-refractivity contribution in [1.82, 2.24) is 10.2 Å². The van der Waals surface area contributed by atoms with Crippen LogP contribution in [0.15, 0.2) is 18.2 Å². The van der Waals surface area contributed by atoms with Crippen molar-refractivity contribution < 1.29 is 14.7 Å². The lowest BCUT2D eigenvalue weighted by molar-refractivity contribution is -0.126. The van der Waals surface area contributed by atoms with Crippen molar-refractivity contribution >= 4 is 11.9 Å². The molecule has 0 fully saturated rings. The van der Waals surface area contributed by atoms with Gasteiger partial charge >= 0.3 is 5.97 Å². The van der Waals surface area contributed by atoms with Crippen LogP contribution in [0.2, 0.25) is 0 Å². The number of rotatable bonds is 5. The number of nitrogens with one attached hydrogen (secondary N) is 1. The van der Waals surface area contributed by atoms with Crippen LogP contribution in [0, 0.1) is 0 Å². The molecule has 2 rings (SSSR count). The molecule has 0 aliphatic carbocycles. The summed E-state index contributed by atoms with van der Waals surface area (Å²) in [6.07, 6.45) is 0.903. The fraction of sp³-hybridized carbons (Fsp3) is 0.500. The Morgan fingerprint density at radius 1 is 1.29 bits per heavy atom. The highest BCUT2D eigenvalue weighted by Crippen LogP contribution is 2.25. The number of amides is 1. The zero-order valence-corrected chi connectivity index (χ0v) is 12.7. The summed E-state index contributed by atoms with van der Waals surface area (Å²) >= 11 is 0. The van der Waals surface area contributed by atoms with Gasteiger partial charge < -0.3 is 10.4 Å². The maximum absolute atomic E-state index is 12.2. The molecule has 1 aromatic rings. The highest BCUT2D eigenvalue weighted by Gasteiger charge is 2.28. The van der Waals surface area contributed by atoms with Crippen LogP contribution in [0.5, 0.6) is 0 Å². The summed E-state index contributed by atoms with van der Waals surface area (Å²) in [6, 6.07) is 5.12. The summed E-state index contributed by atoms with van der Waals surface area (Å²) in [5.74, 6) is -0.894. The van der Waals surface area contributed by atoms with E-state index in [9.17, 15) is 9.59 Å². The molecule has 1 amide bonds. The normalized spacial score (nSPS) is 17.1. The van der Waals surface area contributed by atoms with Crippen LogP contribution >= 0.6 is 0 Å². The van der Waals surface area contributed by atoms with Gasteiger partial charge in [0.05, 0.1) is 11.6 Å². The number of carboxylic acid groups (broad SMARTS) is 1. The minimum atomic E-state index is -0.918. The number of nitrogens with zero attached hydrogens (tertiary/aromatic N) is 1. The molecule has 0 saturated carbocycles. The molecule has 114 valence electrons. The zero-order valence-electron chi connectivity index (χ0n) is 12.7. The number of carboxylic acids is 1. The Morgan fingerprint density at radius 2 is 1.95 bits per heavy atom. The molecule has 2 atom stereocenters. The van der Waals surface area contributed by atoms with Crippen molar-refractivity contribution in [3.63, 3.8) is 0 Å². The van der Waals surface area contributed by atoms with E-state index in [4.69, 9.17) is 5.11 Å². The number of fused-ring (bicyclic) bond motifs is 1. The molecule has 1 aliphatic rings. The molecule has 1 aromatic carbocycles. The Balaban J connectivity index is 2.05. The number of benzene rings is 1. The molecule has 1 aliphatic heterocycles. The maximum atomic E-state index is 12.2. The molecular formula is C16H22N2O3. The Labute approximate surface area is 125 Å². The van der Waals surface area contributed by atoms with Gasteiger partial charge in [-0.25, -0.2) is 4.79 Å². The third kappa shape index (κ3) is 3.42. The Morgan fingerprint density at radius 3 is 2.57 bits per heavy atom. The van der Waals surface area contributed by atoms with Gasteiger partial charge in [-0.15, -0.1) is 0 Å². The predicted molar refractivity (Wildman–Crippen MR) is 80.0 cm³/mol. The molecule has 21 heavy (non-hydrogen) atoms. The first-order valence-electron chi connectivity index (χ1n) is 7.32. The molecule has 1 heterocycles. The lowest BCUT2D eigenvalue weighted by Crippen LogP contribution is -2.45. The van der Waals surface area contributed by atoms with Crippen LogP contribution in [-0.4, -0.2) is 34.0 Å². The van der Waals surface area contributed by atoms with Gasteiger partial charge in [-0.2, -0.15) is 0 Å². The second-order valence-corrected chi connectivity index (χ2v) is 5.69. The minimum absolute atomic E-state index is 0.0237. The van der Waals surface area contributed by atoms with Crippen molar-refractivity contribution in [3.05, 3.63) is 34.9 Å². The van der Waals surface area contributed by atoms with E-state index < -0.39 is 5.97 Å². The van der Waals surface area contributed by atoms with E-state index in [2.05, 4.69) is 10.2 Å². The van der Waals surface area contributed by atoms with Crippen molar-refractivity contribution in [2.45, 2.75) is 52.4 Å². The van der Waals surface area contributed by atoms with Gasteiger partial charge in [-0.1, -0.05) is 13.0 Å². The molecule has 2 unspecified atom stereocenters. The van der Waals surface area contributed by atoms with Gasteiger partial charge in [0, 0.05) is 19.1 Å². The number of carbonyl (C=O) groups is 2. The molecule has 5 heteroatoms. The van der Waals surface area contributed by atoms with Crippen LogP contribution in [0.4, 0.5) is 0 Å². The Bertz CT molecular complexity index is 556. The standard InChI is InChI=1S/C16H22N2O3/c1-4-10(2)17-15(19)11(3)18-8-13-6-5-12(16(20)21)7-14(13)9-18/h5-7,10-11H,4,8-9H2,1-3H3,(H,17,19)(H,20,21). The number of carbonyl (C=O) groups excluding carboxylic acids is 1. The van der Waals surface area contributed by atoms with Gasteiger partial charge in [0.15, 0.2) is 0 Å². The lowest BCUT2D eigenvalue weighted by Gasteiger charge is -2.24. The first-order chi connectivity index (χ1) is 9.92. The SMILES string of the molecule is CCC(C)NC(=O)C(C)N1Cc2ccc(C(=O)O)cc2C1. The molecular weight excluding hydrogens is 268 g/mol. The first kappa shape index (κ1) is 15.5. The first-order valence-corrected chi connectivity index (χ1v) is 7.32. The molecule has 0 bridgehead atoms. The largest absolute Gasteiger partial charge is 0.478 e. The van der Waals surface area contributed by atoms with E-state index in [1.54, 1.807) is 12.1 Å². The fourth-order valence-corrected chi connectivity index (χ4v) is 2.46. The maximum Gasteiger partial charge on any atom is 0.335 e. The minimum Gasteiger partial charge on any atom is -0.478 e. The highest BCUT2D eigenvalue weighted by molar-refractivity contribution is 5.88. The quantitative estimate of drug-likeness (QED) is 0.870. The third-order valence-corrected chi connectivity index (χ3v) is 4.13. The van der Waals surface area contributed by atoms with E-state index in [0.717, 1.165) is 17.5 Å². The summed E-state index contributed by atoms with van der Waals surface area (Å²) in [7, 11) is 0. The summed E-state index contributed by atoms with van der Waals surface area (Å²) in [4.78, 5) is 25.2. The Hall–Kier alpha value is -1.88. The van der Waals surface area contributed by atoms with E-state index in [-0.39, 0.29) is 18.0 Å². The van der Waals surface area contributed by atoms with Crippen molar-refractivity contribution in [3.8, 4) is 0 Å². The average molecular weight is 290 g/mol. The van der Waals surface area contributed by atoms with Gasteiger partial charge in [0.2, 0.25) is 5.91 Å². The van der Waals surface area contributed by atoms with Gasteiger partial charge in [-0.3, -0.25) is 9.69 Å². The second-order valence-electron chi connectivity index (χ2n) is 5.69. The molecule has 0 radical (unpaired) electrons. The lowest BCUT2D eigenvalue weighted by atomic mass is 10.1. The van der Waals surface area contributed by atoms with E-state index in [1.807, 2.05) is 26.8 Å². The van der Waals surface area contributed by atoms with Crippen LogP contribution in [-0.2, 0) is 17.9 Å².